The SMILES string of the molecule is COc1cc(Cc2nccc(-c3ccc(OC)c(C#N)c3)n2)cc(NC(=O)NC[C@H](C)O)c1. The van der Waals surface area contributed by atoms with E-state index in [1.165, 1.54) is 7.11 Å². The number of nitrogens with one attached hydrogen (secondary N) is 2. The highest BCUT2D eigenvalue weighted by atomic mass is 16.5. The van der Waals surface area contributed by atoms with Gasteiger partial charge in [0.25, 0.3) is 0 Å². The summed E-state index contributed by atoms with van der Waals surface area (Å²) >= 11 is 0. The smallest absolute Gasteiger partial charge is 0.319 e. The number of amides is 2. The maximum Gasteiger partial charge on any atom is 0.319 e. The Balaban J connectivity index is 1.82. The zero-order chi connectivity index (χ0) is 23.8. The molecule has 0 bridgehead atoms. The van der Waals surface area contributed by atoms with Crippen molar-refractivity contribution >= 4 is 11.7 Å². The highest BCUT2D eigenvalue weighted by Crippen LogP contribution is 2.26. The molecular formula is C24H25N5O4. The minimum Gasteiger partial charge on any atom is -0.497 e. The first kappa shape index (κ1) is 23.5. The fourth-order valence-electron chi connectivity index (χ4n) is 3.15. The molecule has 0 radical (unpaired) electrons. The predicted molar refractivity (Wildman–Crippen MR) is 123 cm³/mol. The maximum absolute atomic E-state index is 12.1. The first-order valence-electron chi connectivity index (χ1n) is 10.2. The third-order valence-corrected chi connectivity index (χ3v) is 4.70. The minimum absolute atomic E-state index is 0.141. The second kappa shape index (κ2) is 10.9. The Labute approximate surface area is 192 Å². The molecule has 1 atom stereocenters. The molecule has 9 heteroatoms. The van der Waals surface area contributed by atoms with Gasteiger partial charge in [0.05, 0.1) is 31.6 Å². The van der Waals surface area contributed by atoms with E-state index < -0.39 is 12.1 Å². The van der Waals surface area contributed by atoms with Gasteiger partial charge in [-0.3, -0.25) is 0 Å². The molecule has 0 aliphatic carbocycles. The molecule has 2 amide bonds. The lowest BCUT2D eigenvalue weighted by Crippen LogP contribution is -2.34. The van der Waals surface area contributed by atoms with E-state index in [-0.39, 0.29) is 6.54 Å². The average molecular weight is 447 g/mol. The second-order valence-corrected chi connectivity index (χ2v) is 7.32. The normalized spacial score (nSPS) is 11.2. The summed E-state index contributed by atoms with van der Waals surface area (Å²) in [7, 11) is 3.07. The van der Waals surface area contributed by atoms with E-state index in [0.717, 1.165) is 11.1 Å². The van der Waals surface area contributed by atoms with E-state index in [2.05, 4.69) is 26.7 Å². The Morgan fingerprint density at radius 2 is 2.00 bits per heavy atom. The van der Waals surface area contributed by atoms with E-state index in [1.54, 1.807) is 44.5 Å². The topological polar surface area (TPSA) is 129 Å². The number of ether oxygens (including phenoxy) is 2. The molecule has 0 aliphatic rings. The van der Waals surface area contributed by atoms with Crippen molar-refractivity contribution in [1.29, 1.82) is 5.26 Å². The molecule has 0 saturated heterocycles. The predicted octanol–water partition coefficient (Wildman–Crippen LogP) is 3.13. The van der Waals surface area contributed by atoms with Gasteiger partial charge in [0.2, 0.25) is 0 Å². The fraction of sp³-hybridized carbons (Fsp3) is 0.250. The number of hydrogen-bond acceptors (Lipinski definition) is 7. The Kier molecular flexibility index (Phi) is 7.78. The van der Waals surface area contributed by atoms with Crippen LogP contribution in [0.4, 0.5) is 10.5 Å². The van der Waals surface area contributed by atoms with Crippen LogP contribution in [-0.4, -0.2) is 48.0 Å². The summed E-state index contributed by atoms with van der Waals surface area (Å²) in [6, 6.07) is 14.1. The van der Waals surface area contributed by atoms with Gasteiger partial charge in [-0.05, 0) is 48.9 Å². The molecule has 1 aromatic heterocycles. The number of aliphatic hydroxyl groups excluding tert-OH is 1. The molecule has 3 N–H and O–H groups in total. The summed E-state index contributed by atoms with van der Waals surface area (Å²) in [5.74, 6) is 1.65. The lowest BCUT2D eigenvalue weighted by Gasteiger charge is -2.12. The molecule has 2 aromatic carbocycles. The number of urea groups is 1. The van der Waals surface area contributed by atoms with Crippen LogP contribution in [0.3, 0.4) is 0 Å². The van der Waals surface area contributed by atoms with Crippen LogP contribution in [0.15, 0.2) is 48.7 Å². The minimum atomic E-state index is -0.643. The van der Waals surface area contributed by atoms with Gasteiger partial charge in [-0.25, -0.2) is 14.8 Å². The Hall–Kier alpha value is -4.16. The van der Waals surface area contributed by atoms with Crippen LogP contribution in [0.1, 0.15) is 23.9 Å². The van der Waals surface area contributed by atoms with Crippen LogP contribution in [0, 0.1) is 11.3 Å². The van der Waals surface area contributed by atoms with Crippen molar-refractivity contribution in [3.63, 3.8) is 0 Å². The number of nitrogens with zero attached hydrogens (tertiary/aromatic N) is 3. The second-order valence-electron chi connectivity index (χ2n) is 7.32. The molecule has 0 saturated carbocycles. The molecule has 33 heavy (non-hydrogen) atoms. The van der Waals surface area contributed by atoms with Gasteiger partial charge in [-0.2, -0.15) is 5.26 Å². The molecule has 0 unspecified atom stereocenters. The first-order chi connectivity index (χ1) is 15.9. The summed E-state index contributed by atoms with van der Waals surface area (Å²) in [6.45, 7) is 1.73. The molecule has 3 rings (SSSR count). The third kappa shape index (κ3) is 6.41. The van der Waals surface area contributed by atoms with Gasteiger partial charge in [-0.15, -0.1) is 0 Å². The monoisotopic (exact) mass is 447 g/mol. The summed E-state index contributed by atoms with van der Waals surface area (Å²) in [6.07, 6.45) is 1.42. The van der Waals surface area contributed by atoms with E-state index in [4.69, 9.17) is 9.47 Å². The zero-order valence-electron chi connectivity index (χ0n) is 18.6. The quantitative estimate of drug-likeness (QED) is 0.484. The number of anilines is 1. The number of carbonyl (C=O) groups is 1. The average Bonchev–Trinajstić information content (AvgIpc) is 2.82. The number of nitriles is 1. The molecular weight excluding hydrogens is 422 g/mol. The van der Waals surface area contributed by atoms with Crippen LogP contribution in [0.5, 0.6) is 11.5 Å². The lowest BCUT2D eigenvalue weighted by atomic mass is 10.1. The van der Waals surface area contributed by atoms with E-state index >= 15 is 0 Å². The summed E-state index contributed by atoms with van der Waals surface area (Å²) in [5, 5.41) is 24.0. The van der Waals surface area contributed by atoms with Crippen molar-refractivity contribution in [2.24, 2.45) is 0 Å². The van der Waals surface area contributed by atoms with Gasteiger partial charge < -0.3 is 25.2 Å². The van der Waals surface area contributed by atoms with Crippen molar-refractivity contribution in [2.75, 3.05) is 26.1 Å². The lowest BCUT2D eigenvalue weighted by molar-refractivity contribution is 0.190. The number of hydrogen-bond donors (Lipinski definition) is 3. The number of rotatable bonds is 8. The van der Waals surface area contributed by atoms with E-state index in [1.807, 2.05) is 18.2 Å². The summed E-state index contributed by atoms with van der Waals surface area (Å²) < 4.78 is 10.6. The van der Waals surface area contributed by atoms with E-state index in [0.29, 0.717) is 40.7 Å². The van der Waals surface area contributed by atoms with Gasteiger partial charge in [0.15, 0.2) is 0 Å². The summed E-state index contributed by atoms with van der Waals surface area (Å²) in [4.78, 5) is 21.1. The third-order valence-electron chi connectivity index (χ3n) is 4.70. The number of aliphatic hydroxyl groups is 1. The molecule has 0 fully saturated rings. The summed E-state index contributed by atoms with van der Waals surface area (Å²) in [5.41, 5.74) is 3.26. The van der Waals surface area contributed by atoms with Crippen molar-refractivity contribution in [2.45, 2.75) is 19.4 Å². The van der Waals surface area contributed by atoms with Crippen LogP contribution >= 0.6 is 0 Å². The molecule has 0 aliphatic heterocycles. The number of benzene rings is 2. The molecule has 3 aromatic rings. The highest BCUT2D eigenvalue weighted by Gasteiger charge is 2.11. The molecule has 170 valence electrons. The number of carbonyl (C=O) groups excluding carboxylic acids is 1. The highest BCUT2D eigenvalue weighted by molar-refractivity contribution is 5.89. The van der Waals surface area contributed by atoms with Gasteiger partial charge in [-0.1, -0.05) is 0 Å². The largest absolute Gasteiger partial charge is 0.497 e. The molecule has 1 heterocycles. The van der Waals surface area contributed by atoms with Crippen molar-refractivity contribution < 1.29 is 19.4 Å². The maximum atomic E-state index is 12.1. The Bertz CT molecular complexity index is 1170. The Morgan fingerprint density at radius 1 is 1.18 bits per heavy atom. The van der Waals surface area contributed by atoms with E-state index in [9.17, 15) is 15.2 Å². The van der Waals surface area contributed by atoms with Gasteiger partial charge in [0.1, 0.15) is 23.4 Å². The number of aromatic nitrogens is 2. The van der Waals surface area contributed by atoms with Crippen molar-refractivity contribution in [3.05, 3.63) is 65.6 Å². The zero-order valence-corrected chi connectivity index (χ0v) is 18.6. The van der Waals surface area contributed by atoms with Gasteiger partial charge >= 0.3 is 6.03 Å². The standard InChI is InChI=1S/C24H25N5O4/c1-15(30)14-27-24(31)28-19-8-16(9-20(12-19)32-2)10-23-26-7-6-21(29-23)17-4-5-22(33-3)18(11-17)13-25/h4-9,11-12,15,30H,10,14H2,1-3H3,(H2,27,28,31)/t15-/m0/s1. The fourth-order valence-corrected chi connectivity index (χ4v) is 3.15. The van der Waals surface area contributed by atoms with Crippen LogP contribution < -0.4 is 20.1 Å². The van der Waals surface area contributed by atoms with Crippen molar-refractivity contribution in [1.82, 2.24) is 15.3 Å². The molecule has 9 nitrogen and oxygen atoms in total. The van der Waals surface area contributed by atoms with Crippen LogP contribution in [-0.2, 0) is 6.42 Å². The number of methoxy groups -OCH3 is 2. The Morgan fingerprint density at radius 3 is 2.70 bits per heavy atom. The van der Waals surface area contributed by atoms with Crippen molar-refractivity contribution in [3.8, 4) is 28.8 Å². The van der Waals surface area contributed by atoms with Crippen LogP contribution in [0.2, 0.25) is 0 Å². The first-order valence-corrected chi connectivity index (χ1v) is 10.2. The molecule has 0 spiro atoms. The van der Waals surface area contributed by atoms with Crippen LogP contribution in [0.25, 0.3) is 11.3 Å². The van der Waals surface area contributed by atoms with Gasteiger partial charge in [0, 0.05) is 36.5 Å².